The number of ether oxygens (including phenoxy) is 1. The summed E-state index contributed by atoms with van der Waals surface area (Å²) in [5.74, 6) is 0.574. The normalized spacial score (nSPS) is 18.5. The molecule has 4 heteroatoms. The summed E-state index contributed by atoms with van der Waals surface area (Å²) in [5.41, 5.74) is 5.52. The van der Waals surface area contributed by atoms with Crippen molar-refractivity contribution in [3.63, 3.8) is 0 Å². The summed E-state index contributed by atoms with van der Waals surface area (Å²) in [5, 5.41) is 2.77. The number of rotatable bonds is 4. The second-order valence-electron chi connectivity index (χ2n) is 3.78. The molecule has 0 aromatic rings. The van der Waals surface area contributed by atoms with E-state index >= 15 is 0 Å². The van der Waals surface area contributed by atoms with Crippen LogP contribution in [-0.2, 0) is 4.74 Å². The molecule has 1 aliphatic carbocycles. The number of alkyl carbamates (subject to hydrolysis) is 1. The summed E-state index contributed by atoms with van der Waals surface area (Å²) >= 11 is 0. The maximum Gasteiger partial charge on any atom is 0.407 e. The first-order valence-corrected chi connectivity index (χ1v) is 4.80. The molecule has 0 radical (unpaired) electrons. The lowest BCUT2D eigenvalue weighted by Gasteiger charge is -2.16. The summed E-state index contributed by atoms with van der Waals surface area (Å²) in [6.45, 7) is 4.15. The maximum atomic E-state index is 11.2. The zero-order valence-electron chi connectivity index (χ0n) is 8.25. The SMILES string of the molecule is CC(C)OC(=O)NC(CN)C1CC1. The van der Waals surface area contributed by atoms with Gasteiger partial charge in [0.15, 0.2) is 0 Å². The third-order valence-electron chi connectivity index (χ3n) is 2.09. The van der Waals surface area contributed by atoms with E-state index in [9.17, 15) is 4.79 Å². The minimum atomic E-state index is -0.350. The second kappa shape index (κ2) is 4.46. The van der Waals surface area contributed by atoms with Crippen LogP contribution >= 0.6 is 0 Å². The number of nitrogens with one attached hydrogen (secondary N) is 1. The van der Waals surface area contributed by atoms with Crippen molar-refractivity contribution in [3.05, 3.63) is 0 Å². The van der Waals surface area contributed by atoms with Gasteiger partial charge in [0.25, 0.3) is 0 Å². The van der Waals surface area contributed by atoms with Crippen LogP contribution < -0.4 is 11.1 Å². The topological polar surface area (TPSA) is 64.3 Å². The Morgan fingerprint density at radius 2 is 2.23 bits per heavy atom. The van der Waals surface area contributed by atoms with Gasteiger partial charge in [-0.1, -0.05) is 0 Å². The van der Waals surface area contributed by atoms with E-state index in [0.29, 0.717) is 12.5 Å². The van der Waals surface area contributed by atoms with Crippen LogP contribution in [0, 0.1) is 5.92 Å². The minimum Gasteiger partial charge on any atom is -0.447 e. The smallest absolute Gasteiger partial charge is 0.407 e. The lowest BCUT2D eigenvalue weighted by molar-refractivity contribution is 0.111. The molecule has 1 saturated carbocycles. The van der Waals surface area contributed by atoms with Gasteiger partial charge < -0.3 is 15.8 Å². The molecule has 0 saturated heterocycles. The standard InChI is InChI=1S/C9H18N2O2/c1-6(2)13-9(12)11-8(5-10)7-3-4-7/h6-8H,3-5,10H2,1-2H3,(H,11,12). The second-order valence-corrected chi connectivity index (χ2v) is 3.78. The predicted molar refractivity (Wildman–Crippen MR) is 50.3 cm³/mol. The Kier molecular flexibility index (Phi) is 3.54. The monoisotopic (exact) mass is 186 g/mol. The van der Waals surface area contributed by atoms with Crippen molar-refractivity contribution in [2.45, 2.75) is 38.8 Å². The third-order valence-corrected chi connectivity index (χ3v) is 2.09. The Labute approximate surface area is 78.8 Å². The highest BCUT2D eigenvalue weighted by molar-refractivity contribution is 5.67. The van der Waals surface area contributed by atoms with Crippen molar-refractivity contribution in [3.8, 4) is 0 Å². The molecule has 1 aliphatic rings. The summed E-state index contributed by atoms with van der Waals surface area (Å²) in [6.07, 6.45) is 1.92. The third kappa shape index (κ3) is 3.63. The molecular formula is C9H18N2O2. The van der Waals surface area contributed by atoms with Gasteiger partial charge in [-0.05, 0) is 32.6 Å². The quantitative estimate of drug-likeness (QED) is 0.684. The number of carbonyl (C=O) groups is 1. The van der Waals surface area contributed by atoms with E-state index in [1.54, 1.807) is 0 Å². The van der Waals surface area contributed by atoms with Crippen LogP contribution in [0.5, 0.6) is 0 Å². The van der Waals surface area contributed by atoms with Crippen LogP contribution in [0.15, 0.2) is 0 Å². The summed E-state index contributed by atoms with van der Waals surface area (Å²) < 4.78 is 4.95. The average Bonchev–Trinajstić information content (AvgIpc) is 2.81. The van der Waals surface area contributed by atoms with E-state index in [-0.39, 0.29) is 18.2 Å². The van der Waals surface area contributed by atoms with Crippen molar-refractivity contribution in [2.75, 3.05) is 6.54 Å². The van der Waals surface area contributed by atoms with Gasteiger partial charge in [0.1, 0.15) is 0 Å². The van der Waals surface area contributed by atoms with Crippen LogP contribution in [0.3, 0.4) is 0 Å². The van der Waals surface area contributed by atoms with Gasteiger partial charge in [-0.2, -0.15) is 0 Å². The Morgan fingerprint density at radius 3 is 2.62 bits per heavy atom. The number of hydrogen-bond donors (Lipinski definition) is 2. The molecule has 13 heavy (non-hydrogen) atoms. The summed E-state index contributed by atoms with van der Waals surface area (Å²) in [6, 6.07) is 0.103. The Balaban J connectivity index is 2.24. The first-order chi connectivity index (χ1) is 6.13. The lowest BCUT2D eigenvalue weighted by Crippen LogP contribution is -2.42. The molecule has 0 spiro atoms. The Bertz CT molecular complexity index is 178. The molecule has 76 valence electrons. The highest BCUT2D eigenvalue weighted by Gasteiger charge is 2.31. The van der Waals surface area contributed by atoms with Crippen LogP contribution in [-0.4, -0.2) is 24.8 Å². The molecule has 1 atom stereocenters. The van der Waals surface area contributed by atoms with Gasteiger partial charge in [-0.25, -0.2) is 4.79 Å². The molecule has 0 aromatic carbocycles. The minimum absolute atomic E-state index is 0.0716. The number of amides is 1. The van der Waals surface area contributed by atoms with E-state index in [2.05, 4.69) is 5.32 Å². The van der Waals surface area contributed by atoms with Crippen molar-refractivity contribution in [1.29, 1.82) is 0 Å². The van der Waals surface area contributed by atoms with Crippen LogP contribution in [0.2, 0.25) is 0 Å². The van der Waals surface area contributed by atoms with Crippen molar-refractivity contribution < 1.29 is 9.53 Å². The first-order valence-electron chi connectivity index (χ1n) is 4.80. The Morgan fingerprint density at radius 1 is 1.62 bits per heavy atom. The lowest BCUT2D eigenvalue weighted by atomic mass is 10.2. The zero-order valence-corrected chi connectivity index (χ0v) is 8.25. The molecule has 1 rings (SSSR count). The molecule has 0 aromatic heterocycles. The van der Waals surface area contributed by atoms with Crippen molar-refractivity contribution in [2.24, 2.45) is 11.7 Å². The zero-order chi connectivity index (χ0) is 9.84. The molecule has 0 heterocycles. The predicted octanol–water partition coefficient (Wildman–Crippen LogP) is 0.858. The molecule has 1 amide bonds. The molecule has 3 N–H and O–H groups in total. The van der Waals surface area contributed by atoms with Crippen LogP contribution in [0.1, 0.15) is 26.7 Å². The fraction of sp³-hybridized carbons (Fsp3) is 0.889. The highest BCUT2D eigenvalue weighted by atomic mass is 16.6. The van der Waals surface area contributed by atoms with Crippen LogP contribution in [0.4, 0.5) is 4.79 Å². The maximum absolute atomic E-state index is 11.2. The summed E-state index contributed by atoms with van der Waals surface area (Å²) in [7, 11) is 0. The largest absolute Gasteiger partial charge is 0.447 e. The van der Waals surface area contributed by atoms with Gasteiger partial charge in [0, 0.05) is 12.6 Å². The van der Waals surface area contributed by atoms with E-state index in [1.807, 2.05) is 13.8 Å². The molecule has 4 nitrogen and oxygen atoms in total. The first kappa shape index (κ1) is 10.3. The van der Waals surface area contributed by atoms with Gasteiger partial charge >= 0.3 is 6.09 Å². The number of nitrogens with two attached hydrogens (primary N) is 1. The van der Waals surface area contributed by atoms with E-state index in [0.717, 1.165) is 0 Å². The average molecular weight is 186 g/mol. The molecular weight excluding hydrogens is 168 g/mol. The highest BCUT2D eigenvalue weighted by Crippen LogP contribution is 2.32. The molecule has 0 aliphatic heterocycles. The van der Waals surface area contributed by atoms with E-state index in [4.69, 9.17) is 10.5 Å². The fourth-order valence-electron chi connectivity index (χ4n) is 1.27. The van der Waals surface area contributed by atoms with Gasteiger partial charge in [0.2, 0.25) is 0 Å². The van der Waals surface area contributed by atoms with E-state index < -0.39 is 0 Å². The number of hydrogen-bond acceptors (Lipinski definition) is 3. The van der Waals surface area contributed by atoms with Gasteiger partial charge in [-0.3, -0.25) is 0 Å². The Hall–Kier alpha value is -0.770. The molecule has 1 fully saturated rings. The molecule has 0 bridgehead atoms. The number of carbonyl (C=O) groups excluding carboxylic acids is 1. The van der Waals surface area contributed by atoms with E-state index in [1.165, 1.54) is 12.8 Å². The molecule has 1 unspecified atom stereocenters. The van der Waals surface area contributed by atoms with Crippen LogP contribution in [0.25, 0.3) is 0 Å². The van der Waals surface area contributed by atoms with Crippen molar-refractivity contribution in [1.82, 2.24) is 5.32 Å². The van der Waals surface area contributed by atoms with Gasteiger partial charge in [0.05, 0.1) is 6.10 Å². The summed E-state index contributed by atoms with van der Waals surface area (Å²) in [4.78, 5) is 11.2. The van der Waals surface area contributed by atoms with Gasteiger partial charge in [-0.15, -0.1) is 0 Å². The van der Waals surface area contributed by atoms with Crippen molar-refractivity contribution >= 4 is 6.09 Å². The fourth-order valence-corrected chi connectivity index (χ4v) is 1.27.